The van der Waals surface area contributed by atoms with Crippen LogP contribution in [-0.2, 0) is 17.7 Å². The van der Waals surface area contributed by atoms with E-state index >= 15 is 0 Å². The summed E-state index contributed by atoms with van der Waals surface area (Å²) in [5.41, 5.74) is 0. The summed E-state index contributed by atoms with van der Waals surface area (Å²) in [5, 5.41) is 15.0. The molecule has 7 nitrogen and oxygen atoms in total. The van der Waals surface area contributed by atoms with E-state index in [0.717, 1.165) is 76.2 Å². The number of ether oxygens (including phenoxy) is 1. The molecule has 8 heteroatoms. The van der Waals surface area contributed by atoms with Gasteiger partial charge in [-0.2, -0.15) is 0 Å². The molecule has 0 amide bonds. The Hall–Kier alpha value is -2.06. The van der Waals surface area contributed by atoms with Gasteiger partial charge in [-0.3, -0.25) is 4.99 Å². The number of unbranched alkanes of at least 4 members (excludes halogenated alkanes) is 1. The third-order valence-electron chi connectivity index (χ3n) is 4.42. The number of thioether (sulfide) groups is 1. The van der Waals surface area contributed by atoms with Crippen molar-refractivity contribution in [3.05, 3.63) is 42.5 Å². The summed E-state index contributed by atoms with van der Waals surface area (Å²) in [5.74, 6) is 2.84. The molecule has 1 aromatic heterocycles. The number of nitrogens with zero attached hydrogens (tertiary/aromatic N) is 4. The molecule has 1 aromatic carbocycles. The minimum absolute atomic E-state index is 0.750. The Kier molecular flexibility index (Phi) is 12.7. The first-order valence-corrected chi connectivity index (χ1v) is 12.0. The molecule has 0 saturated heterocycles. The van der Waals surface area contributed by atoms with Gasteiger partial charge in [-0.1, -0.05) is 38.5 Å². The van der Waals surface area contributed by atoms with Crippen LogP contribution in [0.2, 0.25) is 0 Å². The lowest BCUT2D eigenvalue weighted by Crippen LogP contribution is -2.40. The molecule has 0 radical (unpaired) electrons. The first-order chi connectivity index (χ1) is 14.8. The molecule has 1 heterocycles. The highest BCUT2D eigenvalue weighted by atomic mass is 32.2. The SMILES string of the molecule is CCCCOCCCN=C(NCCSc1ccccc1)NCCn1cnnc1CC. The number of guanidine groups is 1. The van der Waals surface area contributed by atoms with Crippen molar-refractivity contribution in [1.82, 2.24) is 25.4 Å². The fraction of sp³-hybridized carbons (Fsp3) is 0.591. The highest BCUT2D eigenvalue weighted by Crippen LogP contribution is 2.15. The number of aliphatic imine (C=N–C) groups is 1. The predicted octanol–water partition coefficient (Wildman–Crippen LogP) is 3.37. The summed E-state index contributed by atoms with van der Waals surface area (Å²) in [4.78, 5) is 6.00. The molecule has 2 rings (SSSR count). The average molecular weight is 433 g/mol. The lowest BCUT2D eigenvalue weighted by atomic mass is 10.4. The fourth-order valence-corrected chi connectivity index (χ4v) is 3.56. The molecule has 0 bridgehead atoms. The van der Waals surface area contributed by atoms with E-state index in [2.05, 4.69) is 63.5 Å². The summed E-state index contributed by atoms with van der Waals surface area (Å²) in [6.07, 6.45) is 5.90. The number of benzene rings is 1. The molecule has 2 N–H and O–H groups in total. The minimum atomic E-state index is 0.750. The maximum atomic E-state index is 5.63. The quantitative estimate of drug-likeness (QED) is 0.194. The van der Waals surface area contributed by atoms with Gasteiger partial charge in [-0.15, -0.1) is 22.0 Å². The van der Waals surface area contributed by atoms with Crippen molar-refractivity contribution in [1.29, 1.82) is 0 Å². The van der Waals surface area contributed by atoms with Crippen LogP contribution in [0.3, 0.4) is 0 Å². The van der Waals surface area contributed by atoms with Crippen LogP contribution in [0.15, 0.2) is 46.5 Å². The van der Waals surface area contributed by atoms with E-state index in [1.54, 1.807) is 6.33 Å². The zero-order valence-corrected chi connectivity index (χ0v) is 19.2. The van der Waals surface area contributed by atoms with Gasteiger partial charge < -0.3 is 19.9 Å². The number of nitrogens with one attached hydrogen (secondary N) is 2. The zero-order chi connectivity index (χ0) is 21.3. The molecule has 0 aliphatic carbocycles. The summed E-state index contributed by atoms with van der Waals surface area (Å²) in [6, 6.07) is 10.5. The summed E-state index contributed by atoms with van der Waals surface area (Å²) >= 11 is 1.84. The standard InChI is InChI=1S/C22H36N6OS/c1-3-5-16-29-17-9-12-23-22(24-13-15-28-19-26-27-21(28)4-2)25-14-18-30-20-10-7-6-8-11-20/h6-8,10-11,19H,3-5,9,12-18H2,1-2H3,(H2,23,24,25). The summed E-state index contributed by atoms with van der Waals surface area (Å²) in [7, 11) is 0. The smallest absolute Gasteiger partial charge is 0.191 e. The molecule has 166 valence electrons. The van der Waals surface area contributed by atoms with Gasteiger partial charge in [0.1, 0.15) is 12.2 Å². The Labute approximate surface area is 185 Å². The van der Waals surface area contributed by atoms with Crippen LogP contribution in [0, 0.1) is 0 Å². The van der Waals surface area contributed by atoms with E-state index < -0.39 is 0 Å². The van der Waals surface area contributed by atoms with Crippen LogP contribution < -0.4 is 10.6 Å². The van der Waals surface area contributed by atoms with Crippen molar-refractivity contribution in [3.63, 3.8) is 0 Å². The second kappa shape index (κ2) is 15.7. The van der Waals surface area contributed by atoms with Gasteiger partial charge in [0.25, 0.3) is 0 Å². The molecule has 0 unspecified atom stereocenters. The monoisotopic (exact) mass is 432 g/mol. The van der Waals surface area contributed by atoms with Crippen molar-refractivity contribution < 1.29 is 4.74 Å². The Morgan fingerprint density at radius 1 is 1.10 bits per heavy atom. The molecule has 0 atom stereocenters. The van der Waals surface area contributed by atoms with Crippen LogP contribution in [0.4, 0.5) is 0 Å². The van der Waals surface area contributed by atoms with E-state index in [1.807, 2.05) is 17.8 Å². The van der Waals surface area contributed by atoms with Gasteiger partial charge in [-0.25, -0.2) is 0 Å². The first kappa shape index (κ1) is 24.2. The first-order valence-electron chi connectivity index (χ1n) is 11.0. The van der Waals surface area contributed by atoms with Crippen molar-refractivity contribution in [2.24, 2.45) is 4.99 Å². The highest BCUT2D eigenvalue weighted by Gasteiger charge is 2.03. The molecular weight excluding hydrogens is 396 g/mol. The largest absolute Gasteiger partial charge is 0.381 e. The van der Waals surface area contributed by atoms with E-state index in [9.17, 15) is 0 Å². The zero-order valence-electron chi connectivity index (χ0n) is 18.3. The minimum Gasteiger partial charge on any atom is -0.381 e. The number of hydrogen-bond acceptors (Lipinski definition) is 5. The molecule has 0 saturated carbocycles. The summed E-state index contributed by atoms with van der Waals surface area (Å²) < 4.78 is 7.71. The third kappa shape index (κ3) is 10.1. The predicted molar refractivity (Wildman–Crippen MR) is 125 cm³/mol. The van der Waals surface area contributed by atoms with E-state index in [-0.39, 0.29) is 0 Å². The highest BCUT2D eigenvalue weighted by molar-refractivity contribution is 7.99. The van der Waals surface area contributed by atoms with Crippen LogP contribution in [0.5, 0.6) is 0 Å². The maximum Gasteiger partial charge on any atom is 0.191 e. The third-order valence-corrected chi connectivity index (χ3v) is 5.44. The topological polar surface area (TPSA) is 76.4 Å². The van der Waals surface area contributed by atoms with Gasteiger partial charge in [-0.05, 0) is 25.0 Å². The van der Waals surface area contributed by atoms with Gasteiger partial charge in [0, 0.05) is 56.5 Å². The fourth-order valence-electron chi connectivity index (χ4n) is 2.77. The van der Waals surface area contributed by atoms with Gasteiger partial charge in [0.15, 0.2) is 5.96 Å². The average Bonchev–Trinajstić information content (AvgIpc) is 3.23. The van der Waals surface area contributed by atoms with Gasteiger partial charge in [0.05, 0.1) is 0 Å². The Morgan fingerprint density at radius 3 is 2.70 bits per heavy atom. The second-order valence-corrected chi connectivity index (χ2v) is 8.03. The van der Waals surface area contributed by atoms with Crippen LogP contribution in [0.1, 0.15) is 38.9 Å². The normalized spacial score (nSPS) is 11.6. The van der Waals surface area contributed by atoms with Crippen LogP contribution in [-0.4, -0.2) is 59.3 Å². The maximum absolute atomic E-state index is 5.63. The molecule has 0 aliphatic heterocycles. The van der Waals surface area contributed by atoms with Crippen molar-refractivity contribution >= 4 is 17.7 Å². The number of aryl methyl sites for hydroxylation is 1. The molecule has 0 spiro atoms. The van der Waals surface area contributed by atoms with Crippen LogP contribution >= 0.6 is 11.8 Å². The van der Waals surface area contributed by atoms with Crippen molar-refractivity contribution in [2.75, 3.05) is 38.6 Å². The summed E-state index contributed by atoms with van der Waals surface area (Å²) in [6.45, 7) is 9.07. The Balaban J connectivity index is 1.73. The molecule has 30 heavy (non-hydrogen) atoms. The second-order valence-electron chi connectivity index (χ2n) is 6.86. The van der Waals surface area contributed by atoms with E-state index in [4.69, 9.17) is 9.73 Å². The lowest BCUT2D eigenvalue weighted by Gasteiger charge is -2.13. The number of hydrogen-bond donors (Lipinski definition) is 2. The van der Waals surface area contributed by atoms with Gasteiger partial charge in [0.2, 0.25) is 0 Å². The molecule has 0 fully saturated rings. The number of aromatic nitrogens is 3. The van der Waals surface area contributed by atoms with Gasteiger partial charge >= 0.3 is 0 Å². The van der Waals surface area contributed by atoms with E-state index in [1.165, 1.54) is 11.3 Å². The van der Waals surface area contributed by atoms with Crippen LogP contribution in [0.25, 0.3) is 0 Å². The lowest BCUT2D eigenvalue weighted by molar-refractivity contribution is 0.130. The molecule has 0 aliphatic rings. The van der Waals surface area contributed by atoms with Crippen molar-refractivity contribution in [2.45, 2.75) is 51.0 Å². The van der Waals surface area contributed by atoms with Crippen molar-refractivity contribution in [3.8, 4) is 0 Å². The Bertz CT molecular complexity index is 707. The number of rotatable bonds is 15. The van der Waals surface area contributed by atoms with E-state index in [0.29, 0.717) is 0 Å². The molecular formula is C22H36N6OS. The molecule has 2 aromatic rings. The Morgan fingerprint density at radius 2 is 1.90 bits per heavy atom.